The highest BCUT2D eigenvalue weighted by Crippen LogP contribution is 2.32. The molecule has 1 heterocycles. The van der Waals surface area contributed by atoms with Crippen molar-refractivity contribution in [3.63, 3.8) is 0 Å². The molecular formula is C12H19NO3S2. The molecule has 0 aromatic rings. The second-order valence-corrected chi connectivity index (χ2v) is 5.78. The van der Waals surface area contributed by atoms with Crippen LogP contribution in [0.3, 0.4) is 0 Å². The van der Waals surface area contributed by atoms with E-state index >= 15 is 0 Å². The first-order chi connectivity index (χ1) is 8.59. The summed E-state index contributed by atoms with van der Waals surface area (Å²) in [7, 11) is 0. The Labute approximate surface area is 117 Å². The van der Waals surface area contributed by atoms with Crippen LogP contribution in [0.4, 0.5) is 0 Å². The summed E-state index contributed by atoms with van der Waals surface area (Å²) >= 11 is 6.50. The van der Waals surface area contributed by atoms with Crippen LogP contribution in [0.15, 0.2) is 0 Å². The van der Waals surface area contributed by atoms with Gasteiger partial charge in [0.25, 0.3) is 0 Å². The van der Waals surface area contributed by atoms with Crippen LogP contribution in [0.1, 0.15) is 39.5 Å². The van der Waals surface area contributed by atoms with Crippen LogP contribution in [0.2, 0.25) is 0 Å². The predicted octanol–water partition coefficient (Wildman–Crippen LogP) is 2.52. The molecule has 1 N–H and O–H groups in total. The molecule has 0 aromatic heterocycles. The van der Waals surface area contributed by atoms with Crippen molar-refractivity contribution in [1.29, 1.82) is 0 Å². The lowest BCUT2D eigenvalue weighted by Gasteiger charge is -2.33. The van der Waals surface area contributed by atoms with Crippen molar-refractivity contribution in [2.75, 3.05) is 5.75 Å². The van der Waals surface area contributed by atoms with Crippen LogP contribution in [0.25, 0.3) is 0 Å². The maximum absolute atomic E-state index is 11.6. The number of amides is 1. The molecule has 2 rings (SSSR count). The number of hydrogen-bond donors (Lipinski definition) is 1. The number of nitrogens with zero attached hydrogens (tertiary/aromatic N) is 1. The lowest BCUT2D eigenvalue weighted by atomic mass is 9.85. The van der Waals surface area contributed by atoms with Crippen LogP contribution in [-0.2, 0) is 9.59 Å². The SMILES string of the molecule is CC.O=C(O)C1CCCC(N2C(=O)CSC2=S)C1. The van der Waals surface area contributed by atoms with E-state index in [1.807, 2.05) is 13.8 Å². The van der Waals surface area contributed by atoms with E-state index in [1.54, 1.807) is 4.90 Å². The predicted molar refractivity (Wildman–Crippen MR) is 76.6 cm³/mol. The van der Waals surface area contributed by atoms with Gasteiger partial charge >= 0.3 is 5.97 Å². The Bertz CT molecular complexity index is 330. The van der Waals surface area contributed by atoms with Crippen molar-refractivity contribution in [1.82, 2.24) is 4.90 Å². The van der Waals surface area contributed by atoms with Crippen molar-refractivity contribution in [3.8, 4) is 0 Å². The first-order valence-corrected chi connectivity index (χ1v) is 7.70. The van der Waals surface area contributed by atoms with Gasteiger partial charge in [0.1, 0.15) is 4.32 Å². The number of carbonyl (C=O) groups is 2. The molecule has 2 aliphatic rings. The number of carboxylic acids is 1. The van der Waals surface area contributed by atoms with Gasteiger partial charge in [0, 0.05) is 6.04 Å². The Balaban J connectivity index is 0.000000771. The van der Waals surface area contributed by atoms with Crippen molar-refractivity contribution in [2.45, 2.75) is 45.6 Å². The molecule has 1 saturated heterocycles. The van der Waals surface area contributed by atoms with E-state index in [1.165, 1.54) is 11.8 Å². The standard InChI is InChI=1S/C10H13NO3S2.C2H6/c12-8-5-16-10(15)11(8)7-3-1-2-6(4-7)9(13)14;1-2/h6-7H,1-5H2,(H,13,14);1-2H3. The van der Waals surface area contributed by atoms with E-state index in [2.05, 4.69) is 0 Å². The second-order valence-electron chi connectivity index (χ2n) is 4.17. The van der Waals surface area contributed by atoms with Gasteiger partial charge in [-0.2, -0.15) is 0 Å². The van der Waals surface area contributed by atoms with Gasteiger partial charge in [0.2, 0.25) is 5.91 Å². The van der Waals surface area contributed by atoms with Gasteiger partial charge in [-0.25, -0.2) is 0 Å². The number of aliphatic carboxylic acids is 1. The second kappa shape index (κ2) is 7.09. The normalized spacial score (nSPS) is 27.8. The molecule has 1 aliphatic carbocycles. The van der Waals surface area contributed by atoms with E-state index < -0.39 is 5.97 Å². The highest BCUT2D eigenvalue weighted by Gasteiger charge is 2.37. The molecule has 2 fully saturated rings. The summed E-state index contributed by atoms with van der Waals surface area (Å²) in [6.07, 6.45) is 2.99. The molecular weight excluding hydrogens is 270 g/mol. The summed E-state index contributed by atoms with van der Waals surface area (Å²) in [5.41, 5.74) is 0. The van der Waals surface area contributed by atoms with E-state index in [-0.39, 0.29) is 17.9 Å². The lowest BCUT2D eigenvalue weighted by Crippen LogP contribution is -2.42. The highest BCUT2D eigenvalue weighted by molar-refractivity contribution is 8.23. The zero-order valence-electron chi connectivity index (χ0n) is 10.7. The molecule has 2 unspecified atom stereocenters. The number of thioether (sulfide) groups is 1. The fourth-order valence-corrected chi connectivity index (χ4v) is 3.54. The highest BCUT2D eigenvalue weighted by atomic mass is 32.2. The lowest BCUT2D eigenvalue weighted by molar-refractivity contribution is -0.144. The monoisotopic (exact) mass is 289 g/mol. The van der Waals surface area contributed by atoms with Crippen molar-refractivity contribution in [2.24, 2.45) is 5.92 Å². The molecule has 6 heteroatoms. The van der Waals surface area contributed by atoms with E-state index in [0.29, 0.717) is 22.9 Å². The first kappa shape index (κ1) is 15.4. The minimum Gasteiger partial charge on any atom is -0.481 e. The third-order valence-corrected chi connectivity index (χ3v) is 4.53. The number of thiocarbonyl (C=S) groups is 1. The van der Waals surface area contributed by atoms with Gasteiger partial charge in [-0.05, 0) is 19.3 Å². The van der Waals surface area contributed by atoms with Crippen molar-refractivity contribution < 1.29 is 14.7 Å². The molecule has 18 heavy (non-hydrogen) atoms. The summed E-state index contributed by atoms with van der Waals surface area (Å²) in [6.45, 7) is 4.00. The van der Waals surface area contributed by atoms with Crippen LogP contribution >= 0.6 is 24.0 Å². The third-order valence-electron chi connectivity index (χ3n) is 3.15. The maximum atomic E-state index is 11.6. The first-order valence-electron chi connectivity index (χ1n) is 6.31. The molecule has 4 nitrogen and oxygen atoms in total. The number of carbonyl (C=O) groups excluding carboxylic acids is 1. The molecule has 0 spiro atoms. The van der Waals surface area contributed by atoms with Crippen molar-refractivity contribution >= 4 is 40.2 Å². The Morgan fingerprint density at radius 2 is 2.11 bits per heavy atom. The largest absolute Gasteiger partial charge is 0.481 e. The van der Waals surface area contributed by atoms with Gasteiger partial charge < -0.3 is 5.11 Å². The number of hydrogen-bond acceptors (Lipinski definition) is 4. The van der Waals surface area contributed by atoms with Gasteiger partial charge in [-0.15, -0.1) is 0 Å². The van der Waals surface area contributed by atoms with Gasteiger partial charge in [0.15, 0.2) is 0 Å². The van der Waals surface area contributed by atoms with Crippen LogP contribution in [0.5, 0.6) is 0 Å². The number of carboxylic acid groups (broad SMARTS) is 1. The Morgan fingerprint density at radius 3 is 2.61 bits per heavy atom. The van der Waals surface area contributed by atoms with E-state index in [4.69, 9.17) is 17.3 Å². The third kappa shape index (κ3) is 3.45. The smallest absolute Gasteiger partial charge is 0.306 e. The molecule has 1 amide bonds. The minimum atomic E-state index is -0.755. The Kier molecular flexibility index (Phi) is 6.08. The fraction of sp³-hybridized carbons (Fsp3) is 0.750. The molecule has 2 atom stereocenters. The molecule has 0 radical (unpaired) electrons. The zero-order chi connectivity index (χ0) is 13.7. The molecule has 0 bridgehead atoms. The summed E-state index contributed by atoms with van der Waals surface area (Å²) in [5.74, 6) is -0.631. The fourth-order valence-electron chi connectivity index (χ4n) is 2.34. The zero-order valence-corrected chi connectivity index (χ0v) is 12.4. The summed E-state index contributed by atoms with van der Waals surface area (Å²) in [5, 5.41) is 8.99. The topological polar surface area (TPSA) is 57.6 Å². The minimum absolute atomic E-state index is 0.00449. The average molecular weight is 289 g/mol. The number of rotatable bonds is 2. The molecule has 102 valence electrons. The summed E-state index contributed by atoms with van der Waals surface area (Å²) in [6, 6.07) is 0.00449. The summed E-state index contributed by atoms with van der Waals surface area (Å²) in [4.78, 5) is 24.2. The molecule has 1 aliphatic heterocycles. The molecule has 0 aromatic carbocycles. The Hall–Kier alpha value is -0.620. The van der Waals surface area contributed by atoms with E-state index in [9.17, 15) is 9.59 Å². The van der Waals surface area contributed by atoms with Gasteiger partial charge in [0.05, 0.1) is 11.7 Å². The van der Waals surface area contributed by atoms with Crippen LogP contribution < -0.4 is 0 Å². The van der Waals surface area contributed by atoms with E-state index in [0.717, 1.165) is 12.8 Å². The van der Waals surface area contributed by atoms with Gasteiger partial charge in [-0.1, -0.05) is 44.2 Å². The average Bonchev–Trinajstić information content (AvgIpc) is 2.71. The van der Waals surface area contributed by atoms with Crippen LogP contribution in [0, 0.1) is 5.92 Å². The summed E-state index contributed by atoms with van der Waals surface area (Å²) < 4.78 is 0.612. The van der Waals surface area contributed by atoms with Crippen molar-refractivity contribution in [3.05, 3.63) is 0 Å². The Morgan fingerprint density at radius 1 is 1.44 bits per heavy atom. The van der Waals surface area contributed by atoms with Gasteiger partial charge in [-0.3, -0.25) is 14.5 Å². The molecule has 1 saturated carbocycles. The maximum Gasteiger partial charge on any atom is 0.306 e. The quantitative estimate of drug-likeness (QED) is 0.792. The van der Waals surface area contributed by atoms with Crippen LogP contribution in [-0.4, -0.2) is 38.0 Å².